The minimum atomic E-state index is -1.86. The lowest BCUT2D eigenvalue weighted by atomic mass is 9.74. The van der Waals surface area contributed by atoms with Crippen molar-refractivity contribution in [1.29, 1.82) is 0 Å². The van der Waals surface area contributed by atoms with E-state index in [-0.39, 0.29) is 50.4 Å². The minimum Gasteiger partial charge on any atom is -0.506 e. The molecular formula is C40H44N2O18. The van der Waals surface area contributed by atoms with Crippen LogP contribution in [0.5, 0.6) is 23.0 Å². The van der Waals surface area contributed by atoms with Gasteiger partial charge >= 0.3 is 5.97 Å². The molecule has 1 amide bonds. The number of aromatic hydroxyl groups is 2. The van der Waals surface area contributed by atoms with Crippen LogP contribution in [0.2, 0.25) is 0 Å². The smallest absolute Gasteiger partial charge is 0.325 e. The molecule has 10 N–H and O–H groups in total. The molecule has 0 unspecified atom stereocenters. The summed E-state index contributed by atoms with van der Waals surface area (Å²) in [4.78, 5) is 53.4. The van der Waals surface area contributed by atoms with Gasteiger partial charge in [0.15, 0.2) is 24.1 Å². The van der Waals surface area contributed by atoms with Crippen LogP contribution >= 0.6 is 0 Å². The number of carboxylic acid groups (broad SMARTS) is 1. The number of aliphatic carboxylic acids is 1. The molecule has 3 aromatic rings. The molecule has 2 aliphatic carbocycles. The van der Waals surface area contributed by atoms with E-state index in [1.165, 1.54) is 39.3 Å². The van der Waals surface area contributed by atoms with Crippen LogP contribution in [-0.4, -0.2) is 153 Å². The van der Waals surface area contributed by atoms with Crippen LogP contribution in [0.4, 0.5) is 0 Å². The third-order valence-electron chi connectivity index (χ3n) is 11.3. The zero-order valence-electron chi connectivity index (χ0n) is 32.7. The van der Waals surface area contributed by atoms with Gasteiger partial charge in [-0.15, -0.1) is 0 Å². The van der Waals surface area contributed by atoms with Crippen molar-refractivity contribution in [2.24, 2.45) is 0 Å². The Hall–Kier alpha value is -5.26. The first-order valence-corrected chi connectivity index (χ1v) is 18.8. The summed E-state index contributed by atoms with van der Waals surface area (Å²) in [6.07, 6.45) is -15.4. The molecular weight excluding hydrogens is 796 g/mol. The number of carbonyl (C=O) groups is 4. The Morgan fingerprint density at radius 1 is 0.817 bits per heavy atom. The average molecular weight is 841 g/mol. The molecule has 2 fully saturated rings. The first-order valence-electron chi connectivity index (χ1n) is 18.8. The number of benzene rings is 3. The van der Waals surface area contributed by atoms with Gasteiger partial charge in [-0.1, -0.05) is 6.07 Å². The molecule has 3 aromatic carbocycles. The van der Waals surface area contributed by atoms with Crippen LogP contribution in [0.1, 0.15) is 79.4 Å². The van der Waals surface area contributed by atoms with E-state index in [1.807, 2.05) is 0 Å². The third-order valence-corrected chi connectivity index (χ3v) is 11.3. The lowest BCUT2D eigenvalue weighted by molar-refractivity contribution is -0.339. The number of carbonyl (C=O) groups excluding carboxylic acids is 3. The zero-order chi connectivity index (χ0) is 43.6. The van der Waals surface area contributed by atoms with Crippen molar-refractivity contribution in [3.05, 3.63) is 69.3 Å². The molecule has 2 saturated heterocycles. The highest BCUT2D eigenvalue weighted by Crippen LogP contribution is 2.56. The number of fused-ring (bicyclic) bond motifs is 5. The number of nitrogens with one attached hydrogen (secondary N) is 2. The molecule has 60 heavy (non-hydrogen) atoms. The fourth-order valence-electron chi connectivity index (χ4n) is 8.14. The van der Waals surface area contributed by atoms with Crippen LogP contribution in [0.15, 0.2) is 30.3 Å². The number of carboxylic acids is 1. The molecule has 7 rings (SSSR count). The molecule has 12 atom stereocenters. The van der Waals surface area contributed by atoms with Crippen molar-refractivity contribution < 1.29 is 88.5 Å². The number of rotatable bonds is 10. The van der Waals surface area contributed by atoms with E-state index in [1.54, 1.807) is 14.0 Å². The molecule has 0 radical (unpaired) electrons. The van der Waals surface area contributed by atoms with Crippen molar-refractivity contribution in [1.82, 2.24) is 10.6 Å². The Bertz CT molecular complexity index is 2250. The van der Waals surface area contributed by atoms with Crippen LogP contribution in [0, 0.1) is 0 Å². The van der Waals surface area contributed by atoms with Crippen molar-refractivity contribution in [2.45, 2.75) is 87.3 Å². The molecule has 0 bridgehead atoms. The number of ether oxygens (including phenoxy) is 6. The topological polar surface area (TPSA) is 310 Å². The Morgan fingerprint density at radius 3 is 2.13 bits per heavy atom. The normalized spacial score (nSPS) is 30.0. The van der Waals surface area contributed by atoms with E-state index in [4.69, 9.17) is 28.4 Å². The number of phenolic OH excluding ortho intramolecular Hbond substituents is 2. The van der Waals surface area contributed by atoms with Crippen molar-refractivity contribution in [3.8, 4) is 34.1 Å². The van der Waals surface area contributed by atoms with Crippen molar-refractivity contribution >= 4 is 23.4 Å². The van der Waals surface area contributed by atoms with Crippen LogP contribution < -0.4 is 20.1 Å². The summed E-state index contributed by atoms with van der Waals surface area (Å²) in [6.45, 7) is 2.38. The first kappa shape index (κ1) is 42.8. The van der Waals surface area contributed by atoms with Crippen LogP contribution in [0.25, 0.3) is 11.1 Å². The highest BCUT2D eigenvalue weighted by atomic mass is 16.7. The predicted octanol–water partition coefficient (Wildman–Crippen LogP) is -0.617. The maximum absolute atomic E-state index is 14.2. The summed E-state index contributed by atoms with van der Waals surface area (Å²) in [5.74, 6) is -5.61. The number of likely N-dealkylation sites (N-methyl/N-ethyl adjacent to an activating group) is 1. The second kappa shape index (κ2) is 16.3. The number of hydrogen-bond acceptors (Lipinski definition) is 18. The van der Waals surface area contributed by atoms with E-state index in [0.29, 0.717) is 0 Å². The minimum absolute atomic E-state index is 0.0208. The van der Waals surface area contributed by atoms with Gasteiger partial charge in [-0.25, -0.2) is 0 Å². The first-order chi connectivity index (χ1) is 28.4. The summed E-state index contributed by atoms with van der Waals surface area (Å²) in [5.41, 5.74) is -2.77. The highest BCUT2D eigenvalue weighted by Gasteiger charge is 2.51. The molecule has 2 heterocycles. The molecule has 0 aromatic heterocycles. The van der Waals surface area contributed by atoms with Gasteiger partial charge in [0.25, 0.3) is 5.91 Å². The number of aliphatic hydroxyl groups excluding tert-OH is 5. The van der Waals surface area contributed by atoms with E-state index in [2.05, 4.69) is 10.6 Å². The monoisotopic (exact) mass is 840 g/mol. The van der Waals surface area contributed by atoms with Gasteiger partial charge in [0.05, 0.1) is 49.7 Å². The second-order valence-electron chi connectivity index (χ2n) is 14.8. The maximum atomic E-state index is 14.2. The van der Waals surface area contributed by atoms with E-state index in [9.17, 15) is 60.0 Å². The lowest BCUT2D eigenvalue weighted by Gasteiger charge is -2.47. The number of phenols is 2. The van der Waals surface area contributed by atoms with Crippen LogP contribution in [-0.2, 0) is 23.7 Å². The summed E-state index contributed by atoms with van der Waals surface area (Å²) >= 11 is 0. The Kier molecular flexibility index (Phi) is 11.6. The number of aliphatic hydroxyl groups is 5. The molecule has 2 aliphatic heterocycles. The summed E-state index contributed by atoms with van der Waals surface area (Å²) < 4.78 is 34.5. The van der Waals surface area contributed by atoms with Gasteiger partial charge in [0, 0.05) is 28.3 Å². The SMILES string of the molecule is CN[C@@H]1[C@H](O[C@@H]2OC[C@@H](O)[C@H](O)[C@H]2O)[C@@H](O)[C@H](O[C@H]2c3ccc(C(=O)N[C@H](C)C(=O)O)c(O)c3-c3c(cc4c(c3O)C(=O)c3cc(OC)cc(OC)c3C4=O)[C@@H]2O)O[C@@H]1C. The predicted molar refractivity (Wildman–Crippen MR) is 201 cm³/mol. The summed E-state index contributed by atoms with van der Waals surface area (Å²) in [7, 11) is 4.15. The number of ketones is 2. The zero-order valence-corrected chi connectivity index (χ0v) is 32.7. The third kappa shape index (κ3) is 6.93. The largest absolute Gasteiger partial charge is 0.506 e. The summed E-state index contributed by atoms with van der Waals surface area (Å²) in [5, 5.41) is 93.3. The van der Waals surface area contributed by atoms with Crippen LogP contribution in [0.3, 0.4) is 0 Å². The Morgan fingerprint density at radius 2 is 1.48 bits per heavy atom. The molecule has 20 nitrogen and oxygen atoms in total. The van der Waals surface area contributed by atoms with Gasteiger partial charge in [0.1, 0.15) is 71.8 Å². The van der Waals surface area contributed by atoms with Crippen molar-refractivity contribution in [3.63, 3.8) is 0 Å². The standard InChI is InChI=1S/C40H44N2O18/c1-12(38(53)54)42-37(52)16-7-6-15-23(27(16)44)24-18(10-19-25(32(24)49)29(46)17-8-14(55-4)9-21(56-5)22(17)28(19)45)30(47)35(15)59-40-34(51)36(26(41-3)13(2)58-40)60-39-33(50)31(48)20(43)11-57-39/h6-10,12-13,20,26,30-31,33-36,39-41,43-44,47-51H,11H2,1-5H3,(H,42,52)(H,53,54)/t12-,13-,20-,26+,30+,31+,33-,34-,35+,36+,39+,40+/m1/s1. The van der Waals surface area contributed by atoms with Gasteiger partial charge in [-0.05, 0) is 50.2 Å². The Labute approximate surface area is 340 Å². The lowest BCUT2D eigenvalue weighted by Crippen LogP contribution is -2.65. The van der Waals surface area contributed by atoms with Gasteiger partial charge < -0.3 is 79.9 Å². The summed E-state index contributed by atoms with van der Waals surface area (Å²) in [6, 6.07) is 3.94. The van der Waals surface area contributed by atoms with E-state index >= 15 is 0 Å². The molecule has 0 spiro atoms. The number of hydrogen-bond donors (Lipinski definition) is 10. The van der Waals surface area contributed by atoms with Gasteiger partial charge in [-0.2, -0.15) is 0 Å². The molecule has 4 aliphatic rings. The molecule has 0 saturated carbocycles. The average Bonchev–Trinajstić information content (AvgIpc) is 3.22. The second-order valence-corrected chi connectivity index (χ2v) is 14.8. The fraction of sp³-hybridized carbons (Fsp3) is 0.450. The number of amides is 1. The Balaban J connectivity index is 1.35. The van der Waals surface area contributed by atoms with E-state index < -0.39 is 126 Å². The molecule has 322 valence electrons. The fourth-order valence-corrected chi connectivity index (χ4v) is 8.14. The van der Waals surface area contributed by atoms with Gasteiger partial charge in [-0.3, -0.25) is 19.2 Å². The number of methoxy groups -OCH3 is 2. The van der Waals surface area contributed by atoms with Gasteiger partial charge in [0.2, 0.25) is 0 Å². The van der Waals surface area contributed by atoms with E-state index in [0.717, 1.165) is 12.1 Å². The maximum Gasteiger partial charge on any atom is 0.325 e. The van der Waals surface area contributed by atoms with Crippen molar-refractivity contribution in [2.75, 3.05) is 27.9 Å². The molecule has 20 heteroatoms. The quantitative estimate of drug-likeness (QED) is 0.0952. The highest BCUT2D eigenvalue weighted by molar-refractivity contribution is 6.31.